The minimum absolute atomic E-state index is 0.0308. The largest absolute Gasteiger partial charge is 0.493 e. The molecule has 31 heavy (non-hydrogen) atoms. The van der Waals surface area contributed by atoms with Gasteiger partial charge in [-0.2, -0.15) is 0 Å². The van der Waals surface area contributed by atoms with Gasteiger partial charge in [-0.3, -0.25) is 9.59 Å². The number of benzene rings is 3. The second-order valence-corrected chi connectivity index (χ2v) is 6.74. The van der Waals surface area contributed by atoms with Crippen LogP contribution in [0.4, 0.5) is 0 Å². The summed E-state index contributed by atoms with van der Waals surface area (Å²) in [6.45, 7) is -0.325. The quantitative estimate of drug-likeness (QED) is 0.379. The van der Waals surface area contributed by atoms with Crippen molar-refractivity contribution in [2.75, 3.05) is 27.9 Å². The molecule has 3 aromatic rings. The second-order valence-electron chi connectivity index (χ2n) is 6.74. The zero-order valence-corrected chi connectivity index (χ0v) is 17.7. The van der Waals surface area contributed by atoms with E-state index in [-0.39, 0.29) is 18.8 Å². The van der Waals surface area contributed by atoms with Crippen LogP contribution in [0.15, 0.2) is 66.7 Å². The van der Waals surface area contributed by atoms with E-state index in [1.807, 2.05) is 42.5 Å². The van der Waals surface area contributed by atoms with E-state index in [1.54, 1.807) is 24.3 Å². The number of esters is 1. The minimum atomic E-state index is -0.525. The topological polar surface area (TPSA) is 71.1 Å². The highest BCUT2D eigenvalue weighted by molar-refractivity contribution is 5.98. The van der Waals surface area contributed by atoms with Crippen LogP contribution in [-0.4, -0.2) is 39.7 Å². The molecule has 0 saturated heterocycles. The van der Waals surface area contributed by atoms with Crippen molar-refractivity contribution in [3.8, 4) is 28.4 Å². The Hall–Kier alpha value is -3.80. The number of methoxy groups -OCH3 is 3. The van der Waals surface area contributed by atoms with Crippen molar-refractivity contribution >= 4 is 11.8 Å². The van der Waals surface area contributed by atoms with E-state index < -0.39 is 5.97 Å². The van der Waals surface area contributed by atoms with Crippen LogP contribution in [-0.2, 0) is 16.0 Å². The van der Waals surface area contributed by atoms with Crippen LogP contribution in [0.1, 0.15) is 15.9 Å². The predicted octanol–water partition coefficient (Wildman–Crippen LogP) is 4.35. The monoisotopic (exact) mass is 420 g/mol. The van der Waals surface area contributed by atoms with E-state index in [0.717, 1.165) is 11.1 Å². The maximum Gasteiger partial charge on any atom is 0.310 e. The Bertz CT molecular complexity index is 1020. The van der Waals surface area contributed by atoms with Gasteiger partial charge in [-0.25, -0.2) is 0 Å². The first-order valence-electron chi connectivity index (χ1n) is 9.69. The van der Waals surface area contributed by atoms with E-state index in [1.165, 1.54) is 21.3 Å². The lowest BCUT2D eigenvalue weighted by atomic mass is 10.0. The van der Waals surface area contributed by atoms with Crippen molar-refractivity contribution in [2.24, 2.45) is 0 Å². The van der Waals surface area contributed by atoms with Crippen molar-refractivity contribution in [2.45, 2.75) is 6.42 Å². The average Bonchev–Trinajstić information content (AvgIpc) is 2.82. The number of ether oxygens (including phenoxy) is 4. The summed E-state index contributed by atoms with van der Waals surface area (Å²) in [6.07, 6.45) is -0.0308. The summed E-state index contributed by atoms with van der Waals surface area (Å²) in [6, 6.07) is 20.4. The average molecular weight is 420 g/mol. The van der Waals surface area contributed by atoms with Gasteiger partial charge in [-0.05, 0) is 28.8 Å². The third-order valence-electron chi connectivity index (χ3n) is 4.75. The van der Waals surface area contributed by atoms with Gasteiger partial charge in [0.25, 0.3) is 0 Å². The number of rotatable bonds is 9. The number of hydrogen-bond donors (Lipinski definition) is 0. The maximum atomic E-state index is 12.4. The fourth-order valence-corrected chi connectivity index (χ4v) is 3.16. The van der Waals surface area contributed by atoms with Crippen LogP contribution >= 0.6 is 0 Å². The number of Topliss-reactive ketones (excluding diaryl/α,β-unsaturated/α-hetero) is 1. The Morgan fingerprint density at radius 1 is 0.742 bits per heavy atom. The van der Waals surface area contributed by atoms with Gasteiger partial charge < -0.3 is 18.9 Å². The van der Waals surface area contributed by atoms with Gasteiger partial charge in [-0.15, -0.1) is 0 Å². The van der Waals surface area contributed by atoms with Gasteiger partial charge >= 0.3 is 5.97 Å². The SMILES string of the molecule is COc1cc(CC(=O)OCC(=O)c2ccc(-c3ccccc3)cc2)cc(OC)c1OC. The summed E-state index contributed by atoms with van der Waals surface area (Å²) >= 11 is 0. The lowest BCUT2D eigenvalue weighted by molar-refractivity contribution is -0.141. The molecule has 0 saturated carbocycles. The van der Waals surface area contributed by atoms with Crippen LogP contribution in [0.25, 0.3) is 11.1 Å². The van der Waals surface area contributed by atoms with E-state index >= 15 is 0 Å². The van der Waals surface area contributed by atoms with Crippen molar-refractivity contribution in [1.29, 1.82) is 0 Å². The molecule has 3 aromatic carbocycles. The zero-order chi connectivity index (χ0) is 22.2. The molecule has 0 aliphatic carbocycles. The van der Waals surface area contributed by atoms with E-state index in [0.29, 0.717) is 28.4 Å². The summed E-state index contributed by atoms with van der Waals surface area (Å²) in [5, 5.41) is 0. The molecule has 0 bridgehead atoms. The number of hydrogen-bond acceptors (Lipinski definition) is 6. The number of ketones is 1. The third kappa shape index (κ3) is 5.42. The molecule has 0 heterocycles. The van der Waals surface area contributed by atoms with E-state index in [2.05, 4.69) is 0 Å². The summed E-state index contributed by atoms with van der Waals surface area (Å²) in [5.41, 5.74) is 3.19. The molecular formula is C25H24O6. The standard InChI is InChI=1S/C25H24O6/c1-28-22-13-17(14-23(29-2)25(22)30-3)15-24(27)31-16-21(26)20-11-9-19(10-12-20)18-7-5-4-6-8-18/h4-14H,15-16H2,1-3H3. The Morgan fingerprint density at radius 3 is 1.87 bits per heavy atom. The molecule has 0 spiro atoms. The van der Waals surface area contributed by atoms with Crippen LogP contribution in [0.2, 0.25) is 0 Å². The van der Waals surface area contributed by atoms with Gasteiger partial charge in [0.15, 0.2) is 23.9 Å². The highest BCUT2D eigenvalue weighted by Gasteiger charge is 2.16. The summed E-state index contributed by atoms with van der Waals surface area (Å²) < 4.78 is 21.0. The van der Waals surface area contributed by atoms with Crippen LogP contribution in [0.3, 0.4) is 0 Å². The highest BCUT2D eigenvalue weighted by atomic mass is 16.5. The van der Waals surface area contributed by atoms with Gasteiger partial charge in [0.05, 0.1) is 27.8 Å². The molecule has 3 rings (SSSR count). The lowest BCUT2D eigenvalue weighted by Crippen LogP contribution is -2.15. The summed E-state index contributed by atoms with van der Waals surface area (Å²) in [4.78, 5) is 24.7. The minimum Gasteiger partial charge on any atom is -0.493 e. The molecule has 6 heteroatoms. The Morgan fingerprint density at radius 2 is 1.32 bits per heavy atom. The molecule has 0 aromatic heterocycles. The van der Waals surface area contributed by atoms with Gasteiger partial charge in [0.1, 0.15) is 0 Å². The van der Waals surface area contributed by atoms with Crippen LogP contribution in [0, 0.1) is 0 Å². The van der Waals surface area contributed by atoms with Gasteiger partial charge in [-0.1, -0.05) is 54.6 Å². The molecule has 0 fully saturated rings. The molecule has 0 amide bonds. The first kappa shape index (κ1) is 21.9. The predicted molar refractivity (Wildman–Crippen MR) is 117 cm³/mol. The second kappa shape index (κ2) is 10.3. The fraction of sp³-hybridized carbons (Fsp3) is 0.200. The highest BCUT2D eigenvalue weighted by Crippen LogP contribution is 2.38. The fourth-order valence-electron chi connectivity index (χ4n) is 3.16. The molecule has 0 aliphatic rings. The lowest BCUT2D eigenvalue weighted by Gasteiger charge is -2.14. The van der Waals surface area contributed by atoms with Crippen molar-refractivity contribution in [3.63, 3.8) is 0 Å². The first-order valence-corrected chi connectivity index (χ1v) is 9.69. The van der Waals surface area contributed by atoms with Crippen molar-refractivity contribution < 1.29 is 28.5 Å². The Kier molecular flexibility index (Phi) is 7.27. The third-order valence-corrected chi connectivity index (χ3v) is 4.75. The molecule has 0 atom stereocenters. The summed E-state index contributed by atoms with van der Waals surface area (Å²) in [5.74, 6) is 0.538. The van der Waals surface area contributed by atoms with Crippen LogP contribution < -0.4 is 14.2 Å². The molecule has 6 nitrogen and oxygen atoms in total. The molecular weight excluding hydrogens is 396 g/mol. The maximum absolute atomic E-state index is 12.4. The zero-order valence-electron chi connectivity index (χ0n) is 17.7. The Labute approximate surface area is 181 Å². The van der Waals surface area contributed by atoms with Crippen molar-refractivity contribution in [1.82, 2.24) is 0 Å². The van der Waals surface area contributed by atoms with Gasteiger partial charge in [0.2, 0.25) is 5.75 Å². The summed E-state index contributed by atoms with van der Waals surface area (Å²) in [7, 11) is 4.51. The molecule has 0 unspecified atom stereocenters. The van der Waals surface area contributed by atoms with E-state index in [9.17, 15) is 9.59 Å². The Balaban J connectivity index is 1.60. The first-order chi connectivity index (χ1) is 15.0. The molecule has 0 aliphatic heterocycles. The number of carbonyl (C=O) groups excluding carboxylic acids is 2. The molecule has 0 radical (unpaired) electrons. The van der Waals surface area contributed by atoms with E-state index in [4.69, 9.17) is 18.9 Å². The number of carbonyl (C=O) groups is 2. The molecule has 0 N–H and O–H groups in total. The molecule has 160 valence electrons. The van der Waals surface area contributed by atoms with Crippen LogP contribution in [0.5, 0.6) is 17.2 Å². The van der Waals surface area contributed by atoms with Crippen molar-refractivity contribution in [3.05, 3.63) is 77.9 Å². The smallest absolute Gasteiger partial charge is 0.310 e. The normalized spacial score (nSPS) is 10.3. The van der Waals surface area contributed by atoms with Gasteiger partial charge in [0, 0.05) is 5.56 Å².